The number of halogens is 1. The molecule has 2 aromatic carbocycles. The van der Waals surface area contributed by atoms with Crippen LogP contribution in [0.1, 0.15) is 10.4 Å². The summed E-state index contributed by atoms with van der Waals surface area (Å²) < 4.78 is 32.4. The first-order valence-corrected chi connectivity index (χ1v) is 10.7. The summed E-state index contributed by atoms with van der Waals surface area (Å²) in [6, 6.07) is 14.0. The molecule has 1 aliphatic rings. The number of benzene rings is 2. The molecule has 3 atom stereocenters. The number of rotatable bonds is 7. The van der Waals surface area contributed by atoms with Crippen LogP contribution < -0.4 is 10.0 Å². The lowest BCUT2D eigenvalue weighted by Gasteiger charge is -2.26. The topological polar surface area (TPSA) is 125 Å². The summed E-state index contributed by atoms with van der Waals surface area (Å²) in [5.74, 6) is -0.405. The third-order valence-electron chi connectivity index (χ3n) is 4.64. The third kappa shape index (κ3) is 5.13. The number of hydrogen-bond acceptors (Lipinski definition) is 6. The standard InChI is InChI=1S/C19H21ClN2O6S/c20-14-6-8-15(9-7-14)29(26,27)22-10-16-17(23)19(25,12-28-16)11-21-18(24)13-4-2-1-3-5-13/h1-9,16-17,22-23,25H,10-12H2,(H,21,24)/t16-,17-,19+/m1/s1. The second-order valence-corrected chi connectivity index (χ2v) is 8.96. The summed E-state index contributed by atoms with van der Waals surface area (Å²) >= 11 is 5.76. The predicted molar refractivity (Wildman–Crippen MR) is 106 cm³/mol. The minimum absolute atomic E-state index is 0.0137. The van der Waals surface area contributed by atoms with Gasteiger partial charge in [-0.05, 0) is 36.4 Å². The third-order valence-corrected chi connectivity index (χ3v) is 6.33. The Hall–Kier alpha value is -2.01. The highest BCUT2D eigenvalue weighted by Gasteiger charge is 2.48. The smallest absolute Gasteiger partial charge is 0.251 e. The van der Waals surface area contributed by atoms with Crippen molar-refractivity contribution in [2.24, 2.45) is 0 Å². The summed E-state index contributed by atoms with van der Waals surface area (Å²) in [7, 11) is -3.84. The Bertz CT molecular complexity index is 954. The number of carbonyl (C=O) groups excluding carboxylic acids is 1. The molecule has 0 saturated carbocycles. The molecular weight excluding hydrogens is 420 g/mol. The molecule has 3 rings (SSSR count). The molecule has 0 radical (unpaired) electrons. The van der Waals surface area contributed by atoms with Crippen molar-refractivity contribution in [3.8, 4) is 0 Å². The quantitative estimate of drug-likeness (QED) is 0.498. The van der Waals surface area contributed by atoms with Gasteiger partial charge in [-0.1, -0.05) is 29.8 Å². The maximum absolute atomic E-state index is 12.3. The van der Waals surface area contributed by atoms with Gasteiger partial charge in [0, 0.05) is 17.1 Å². The van der Waals surface area contributed by atoms with Gasteiger partial charge in [-0.15, -0.1) is 0 Å². The largest absolute Gasteiger partial charge is 0.387 e. The van der Waals surface area contributed by atoms with E-state index < -0.39 is 33.7 Å². The molecule has 1 saturated heterocycles. The fourth-order valence-corrected chi connectivity index (χ4v) is 4.08. The zero-order valence-corrected chi connectivity index (χ0v) is 16.9. The van der Waals surface area contributed by atoms with Gasteiger partial charge in [0.15, 0.2) is 0 Å². The van der Waals surface area contributed by atoms with Crippen LogP contribution in [-0.2, 0) is 14.8 Å². The highest BCUT2D eigenvalue weighted by Crippen LogP contribution is 2.25. The number of aliphatic hydroxyl groups is 2. The van der Waals surface area contributed by atoms with Crippen LogP contribution in [0.15, 0.2) is 59.5 Å². The number of carbonyl (C=O) groups is 1. The van der Waals surface area contributed by atoms with E-state index in [0.29, 0.717) is 10.6 Å². The van der Waals surface area contributed by atoms with E-state index in [1.807, 2.05) is 0 Å². The van der Waals surface area contributed by atoms with Crippen LogP contribution in [0.3, 0.4) is 0 Å². The first kappa shape index (κ1) is 21.7. The van der Waals surface area contributed by atoms with Crippen LogP contribution >= 0.6 is 11.6 Å². The highest BCUT2D eigenvalue weighted by atomic mass is 35.5. The molecule has 29 heavy (non-hydrogen) atoms. The zero-order chi connectivity index (χ0) is 21.1. The summed E-state index contributed by atoms with van der Waals surface area (Å²) in [4.78, 5) is 12.1. The maximum atomic E-state index is 12.3. The first-order valence-electron chi connectivity index (χ1n) is 8.82. The molecule has 4 N–H and O–H groups in total. The van der Waals surface area contributed by atoms with Gasteiger partial charge in [-0.2, -0.15) is 0 Å². The first-order chi connectivity index (χ1) is 13.7. The van der Waals surface area contributed by atoms with Gasteiger partial charge in [0.2, 0.25) is 10.0 Å². The van der Waals surface area contributed by atoms with Gasteiger partial charge in [0.25, 0.3) is 5.91 Å². The average Bonchev–Trinajstić information content (AvgIpc) is 3.00. The van der Waals surface area contributed by atoms with Crippen molar-refractivity contribution in [2.45, 2.75) is 22.7 Å². The summed E-state index contributed by atoms with van der Waals surface area (Å²) in [6.45, 7) is -0.750. The van der Waals surface area contributed by atoms with Crippen molar-refractivity contribution in [3.05, 3.63) is 65.2 Å². The molecule has 1 amide bonds. The van der Waals surface area contributed by atoms with E-state index in [0.717, 1.165) is 0 Å². The lowest BCUT2D eigenvalue weighted by molar-refractivity contribution is -0.0462. The second kappa shape index (κ2) is 8.78. The number of aliphatic hydroxyl groups excluding tert-OH is 1. The summed E-state index contributed by atoms with van der Waals surface area (Å²) in [5, 5.41) is 24.0. The minimum atomic E-state index is -3.84. The van der Waals surface area contributed by atoms with E-state index >= 15 is 0 Å². The summed E-state index contributed by atoms with van der Waals surface area (Å²) in [6.07, 6.45) is -2.37. The zero-order valence-electron chi connectivity index (χ0n) is 15.3. The fraction of sp³-hybridized carbons (Fsp3) is 0.316. The Labute approximate surface area is 173 Å². The number of sulfonamides is 1. The molecule has 1 aliphatic heterocycles. The Morgan fingerprint density at radius 3 is 2.48 bits per heavy atom. The van der Waals surface area contributed by atoms with Gasteiger partial charge in [-0.3, -0.25) is 4.79 Å². The predicted octanol–water partition coefficient (Wildman–Crippen LogP) is 0.539. The Balaban J connectivity index is 1.56. The van der Waals surface area contributed by atoms with E-state index in [2.05, 4.69) is 10.0 Å². The lowest BCUT2D eigenvalue weighted by atomic mass is 9.96. The number of amides is 1. The van der Waals surface area contributed by atoms with Crippen molar-refractivity contribution in [2.75, 3.05) is 19.7 Å². The van der Waals surface area contributed by atoms with Gasteiger partial charge >= 0.3 is 0 Å². The molecule has 0 aliphatic carbocycles. The Kier molecular flexibility index (Phi) is 6.57. The van der Waals surface area contributed by atoms with Crippen molar-refractivity contribution >= 4 is 27.5 Å². The molecular formula is C19H21ClN2O6S. The Morgan fingerprint density at radius 2 is 1.83 bits per heavy atom. The highest BCUT2D eigenvalue weighted by molar-refractivity contribution is 7.89. The molecule has 1 fully saturated rings. The van der Waals surface area contributed by atoms with Crippen molar-refractivity contribution in [1.82, 2.24) is 10.0 Å². The van der Waals surface area contributed by atoms with E-state index in [-0.39, 0.29) is 24.6 Å². The molecule has 2 aromatic rings. The van der Waals surface area contributed by atoms with Crippen molar-refractivity contribution in [1.29, 1.82) is 0 Å². The second-order valence-electron chi connectivity index (χ2n) is 6.75. The number of ether oxygens (including phenoxy) is 1. The molecule has 0 spiro atoms. The molecule has 8 nitrogen and oxygen atoms in total. The van der Waals surface area contributed by atoms with Gasteiger partial charge in [-0.25, -0.2) is 13.1 Å². The molecule has 0 unspecified atom stereocenters. The number of nitrogens with one attached hydrogen (secondary N) is 2. The van der Waals surface area contributed by atoms with Crippen LogP contribution in [0.2, 0.25) is 5.02 Å². The van der Waals surface area contributed by atoms with E-state index in [4.69, 9.17) is 16.3 Å². The van der Waals surface area contributed by atoms with Crippen LogP contribution in [0.25, 0.3) is 0 Å². The van der Waals surface area contributed by atoms with Crippen LogP contribution in [0, 0.1) is 0 Å². The molecule has 10 heteroatoms. The van der Waals surface area contributed by atoms with E-state index in [1.54, 1.807) is 30.3 Å². The van der Waals surface area contributed by atoms with E-state index in [9.17, 15) is 23.4 Å². The van der Waals surface area contributed by atoms with E-state index in [1.165, 1.54) is 24.3 Å². The van der Waals surface area contributed by atoms with Crippen molar-refractivity contribution in [3.63, 3.8) is 0 Å². The van der Waals surface area contributed by atoms with Crippen molar-refractivity contribution < 1.29 is 28.2 Å². The fourth-order valence-electron chi connectivity index (χ4n) is 2.91. The minimum Gasteiger partial charge on any atom is -0.387 e. The van der Waals surface area contributed by atoms with Gasteiger partial charge in [0.1, 0.15) is 17.8 Å². The van der Waals surface area contributed by atoms with Crippen LogP contribution in [0.4, 0.5) is 0 Å². The average molecular weight is 441 g/mol. The summed E-state index contributed by atoms with van der Waals surface area (Å²) in [5.41, 5.74) is -1.32. The van der Waals surface area contributed by atoms with Gasteiger partial charge in [0.05, 0.1) is 18.0 Å². The van der Waals surface area contributed by atoms with Gasteiger partial charge < -0.3 is 20.3 Å². The lowest BCUT2D eigenvalue weighted by Crippen LogP contribution is -2.53. The maximum Gasteiger partial charge on any atom is 0.251 e. The normalized spacial score (nSPS) is 24.4. The molecule has 1 heterocycles. The number of hydrogen-bond donors (Lipinski definition) is 4. The van der Waals surface area contributed by atoms with Crippen LogP contribution in [-0.4, -0.2) is 62.0 Å². The molecule has 0 aromatic heterocycles. The Morgan fingerprint density at radius 1 is 1.17 bits per heavy atom. The van der Waals surface area contributed by atoms with Crippen LogP contribution in [0.5, 0.6) is 0 Å². The monoisotopic (exact) mass is 440 g/mol. The SMILES string of the molecule is O=C(NC[C@]1(O)CO[C@H](CNS(=O)(=O)c2ccc(Cl)cc2)[C@H]1O)c1ccccc1. The molecule has 0 bridgehead atoms. The molecule has 156 valence electrons.